The van der Waals surface area contributed by atoms with Crippen molar-refractivity contribution in [1.29, 1.82) is 0 Å². The zero-order chi connectivity index (χ0) is 14.6. The third kappa shape index (κ3) is 3.87. The zero-order valence-electron chi connectivity index (χ0n) is 12.3. The Morgan fingerprint density at radius 3 is 2.85 bits per heavy atom. The summed E-state index contributed by atoms with van der Waals surface area (Å²) in [4.78, 5) is 21.9. The third-order valence-corrected chi connectivity index (χ3v) is 3.57. The Morgan fingerprint density at radius 1 is 1.50 bits per heavy atom. The molecule has 6 heteroatoms. The van der Waals surface area contributed by atoms with Gasteiger partial charge in [0.2, 0.25) is 0 Å². The first kappa shape index (κ1) is 15.1. The molecule has 1 aliphatic carbocycles. The number of carbonyl (C=O) groups is 1. The van der Waals surface area contributed by atoms with E-state index >= 15 is 0 Å². The summed E-state index contributed by atoms with van der Waals surface area (Å²) in [6, 6.07) is 0. The highest BCUT2D eigenvalue weighted by Gasteiger charge is 2.41. The second-order valence-electron chi connectivity index (χ2n) is 6.35. The molecule has 1 N–H and O–H groups in total. The summed E-state index contributed by atoms with van der Waals surface area (Å²) >= 11 is 0. The van der Waals surface area contributed by atoms with Gasteiger partial charge >= 0.3 is 13.6 Å². The Kier molecular flexibility index (Phi) is 4.55. The molecule has 0 saturated carbocycles. The molecular weight excluding hydrogens is 257 g/mol. The number of rotatable bonds is 3. The van der Waals surface area contributed by atoms with Gasteiger partial charge in [-0.3, -0.25) is 4.89 Å². The van der Waals surface area contributed by atoms with Crippen LogP contribution < -0.4 is 5.32 Å². The van der Waals surface area contributed by atoms with Crippen molar-refractivity contribution >= 4 is 13.6 Å². The van der Waals surface area contributed by atoms with Gasteiger partial charge in [-0.15, -0.1) is 0 Å². The Labute approximate surface area is 120 Å². The zero-order valence-corrected chi connectivity index (χ0v) is 12.3. The molecule has 1 amide bonds. The number of nitrogens with one attached hydrogen (secondary N) is 1. The average Bonchev–Trinajstić information content (AvgIpc) is 2.90. The van der Waals surface area contributed by atoms with E-state index in [1.807, 2.05) is 32.9 Å². The van der Waals surface area contributed by atoms with Gasteiger partial charge in [-0.2, -0.15) is 0 Å². The van der Waals surface area contributed by atoms with E-state index < -0.39 is 5.60 Å². The van der Waals surface area contributed by atoms with Crippen LogP contribution in [0, 0.1) is 5.41 Å². The Bertz CT molecular complexity index is 410. The molecule has 1 fully saturated rings. The number of alkyl carbamates (subject to hydrolysis) is 1. The fourth-order valence-corrected chi connectivity index (χ4v) is 2.45. The molecule has 5 nitrogen and oxygen atoms in total. The molecule has 1 heterocycles. The third-order valence-electron chi connectivity index (χ3n) is 3.57. The van der Waals surface area contributed by atoms with Gasteiger partial charge in [0.1, 0.15) is 5.60 Å². The summed E-state index contributed by atoms with van der Waals surface area (Å²) in [6.07, 6.45) is 8.74. The molecule has 0 aromatic carbocycles. The summed E-state index contributed by atoms with van der Waals surface area (Å²) in [5.41, 5.74) is -0.651. The molecule has 2 aliphatic rings. The van der Waals surface area contributed by atoms with Crippen LogP contribution in [0.15, 0.2) is 24.3 Å². The minimum absolute atomic E-state index is 0.165. The van der Waals surface area contributed by atoms with Crippen LogP contribution >= 0.6 is 0 Å². The molecule has 1 saturated heterocycles. The van der Waals surface area contributed by atoms with Gasteiger partial charge in [-0.1, -0.05) is 24.3 Å². The highest BCUT2D eigenvalue weighted by molar-refractivity contribution is 6.30. The molecular formula is C14H22BNO4. The predicted octanol–water partition coefficient (Wildman–Crippen LogP) is 2.12. The maximum absolute atomic E-state index is 11.8. The van der Waals surface area contributed by atoms with Crippen LogP contribution in [0.4, 0.5) is 4.79 Å². The van der Waals surface area contributed by atoms with E-state index in [0.717, 1.165) is 6.42 Å². The standard InChI is InChI=1S/C14H22BNO4/c1-13(2,3)19-12(17)16-10-14(7-5-4-6-8-14)11-9-18-20-15-11/h4-7,11,15H,8-10H2,1-3H3,(H,16,17). The van der Waals surface area contributed by atoms with E-state index in [1.54, 1.807) is 0 Å². The van der Waals surface area contributed by atoms with E-state index in [4.69, 9.17) is 14.4 Å². The second kappa shape index (κ2) is 6.02. The molecule has 0 bridgehead atoms. The molecule has 0 aromatic rings. The van der Waals surface area contributed by atoms with E-state index in [9.17, 15) is 4.79 Å². The molecule has 110 valence electrons. The Balaban J connectivity index is 1.97. The smallest absolute Gasteiger partial charge is 0.407 e. The average molecular weight is 279 g/mol. The molecule has 20 heavy (non-hydrogen) atoms. The van der Waals surface area contributed by atoms with Crippen molar-refractivity contribution < 1.29 is 19.2 Å². The van der Waals surface area contributed by atoms with E-state index in [1.165, 1.54) is 0 Å². The van der Waals surface area contributed by atoms with Crippen LogP contribution in [-0.2, 0) is 14.4 Å². The van der Waals surface area contributed by atoms with Crippen molar-refractivity contribution in [2.45, 2.75) is 38.6 Å². The van der Waals surface area contributed by atoms with Crippen molar-refractivity contribution in [1.82, 2.24) is 5.32 Å². The second-order valence-corrected chi connectivity index (χ2v) is 6.35. The van der Waals surface area contributed by atoms with Gasteiger partial charge in [0.25, 0.3) is 0 Å². The lowest BCUT2D eigenvalue weighted by molar-refractivity contribution is -0.184. The predicted molar refractivity (Wildman–Crippen MR) is 77.5 cm³/mol. The lowest BCUT2D eigenvalue weighted by atomic mass is 9.60. The van der Waals surface area contributed by atoms with Gasteiger partial charge in [0, 0.05) is 17.8 Å². The SMILES string of the molecule is CC(C)(C)OC(=O)NCC1(C2BOOC2)C=CC=CC1. The monoisotopic (exact) mass is 279 g/mol. The normalized spacial score (nSPS) is 29.1. The van der Waals surface area contributed by atoms with Crippen molar-refractivity contribution in [2.24, 2.45) is 5.41 Å². The van der Waals surface area contributed by atoms with Crippen LogP contribution in [0.3, 0.4) is 0 Å². The van der Waals surface area contributed by atoms with Gasteiger partial charge in [0.15, 0.2) is 0 Å². The van der Waals surface area contributed by atoms with Crippen molar-refractivity contribution in [3.8, 4) is 0 Å². The van der Waals surface area contributed by atoms with Gasteiger partial charge in [0.05, 0.1) is 6.61 Å². The lowest BCUT2D eigenvalue weighted by Gasteiger charge is -2.35. The highest BCUT2D eigenvalue weighted by atomic mass is 17.2. The number of ether oxygens (including phenoxy) is 1. The Hall–Kier alpha value is -1.27. The number of amides is 1. The van der Waals surface area contributed by atoms with Crippen molar-refractivity contribution in [3.63, 3.8) is 0 Å². The molecule has 2 atom stereocenters. The van der Waals surface area contributed by atoms with Gasteiger partial charge in [-0.05, 0) is 27.2 Å². The molecule has 0 radical (unpaired) electrons. The molecule has 0 aromatic heterocycles. The summed E-state index contributed by atoms with van der Waals surface area (Å²) in [5.74, 6) is 0.235. The fourth-order valence-electron chi connectivity index (χ4n) is 2.45. The summed E-state index contributed by atoms with van der Waals surface area (Å²) < 4.78 is 5.28. The van der Waals surface area contributed by atoms with Crippen molar-refractivity contribution in [3.05, 3.63) is 24.3 Å². The molecule has 2 rings (SSSR count). The maximum Gasteiger partial charge on any atom is 0.407 e. The minimum Gasteiger partial charge on any atom is -0.444 e. The number of hydrogen-bond acceptors (Lipinski definition) is 4. The molecule has 1 aliphatic heterocycles. The summed E-state index contributed by atoms with van der Waals surface area (Å²) in [6.45, 7) is 6.62. The summed E-state index contributed by atoms with van der Waals surface area (Å²) in [5, 5.41) is 2.87. The van der Waals surface area contributed by atoms with E-state index in [0.29, 0.717) is 20.6 Å². The topological polar surface area (TPSA) is 56.8 Å². The van der Waals surface area contributed by atoms with Crippen LogP contribution in [0.2, 0.25) is 5.82 Å². The van der Waals surface area contributed by atoms with Crippen LogP contribution in [0.1, 0.15) is 27.2 Å². The fraction of sp³-hybridized carbons (Fsp3) is 0.643. The van der Waals surface area contributed by atoms with Gasteiger partial charge < -0.3 is 14.9 Å². The lowest BCUT2D eigenvalue weighted by Crippen LogP contribution is -2.43. The largest absolute Gasteiger partial charge is 0.444 e. The highest BCUT2D eigenvalue weighted by Crippen LogP contribution is 2.41. The van der Waals surface area contributed by atoms with E-state index in [2.05, 4.69) is 17.5 Å². The summed E-state index contributed by atoms with van der Waals surface area (Å²) in [7, 11) is 0.550. The molecule has 0 spiro atoms. The quantitative estimate of drug-likeness (QED) is 0.635. The number of allylic oxidation sites excluding steroid dienone is 3. The minimum atomic E-state index is -0.487. The maximum atomic E-state index is 11.8. The van der Waals surface area contributed by atoms with Crippen LogP contribution in [0.25, 0.3) is 0 Å². The van der Waals surface area contributed by atoms with Gasteiger partial charge in [-0.25, -0.2) is 4.79 Å². The Morgan fingerprint density at radius 2 is 2.30 bits per heavy atom. The van der Waals surface area contributed by atoms with E-state index in [-0.39, 0.29) is 17.3 Å². The number of hydrogen-bond donors (Lipinski definition) is 1. The molecule has 2 unspecified atom stereocenters. The first-order valence-electron chi connectivity index (χ1n) is 6.97. The number of carbonyl (C=O) groups excluding carboxylic acids is 1. The first-order valence-corrected chi connectivity index (χ1v) is 6.97. The van der Waals surface area contributed by atoms with Crippen molar-refractivity contribution in [2.75, 3.05) is 13.2 Å². The first-order chi connectivity index (χ1) is 9.41. The van der Waals surface area contributed by atoms with Crippen LogP contribution in [0.5, 0.6) is 0 Å². The van der Waals surface area contributed by atoms with Crippen LogP contribution in [-0.4, -0.2) is 32.3 Å².